The third kappa shape index (κ3) is 1.15. The Bertz CT molecular complexity index is 168. The molecule has 4 heteroatoms. The summed E-state index contributed by atoms with van der Waals surface area (Å²) in [6.07, 6.45) is 0.887. The van der Waals surface area contributed by atoms with E-state index in [2.05, 4.69) is 6.58 Å². The van der Waals surface area contributed by atoms with Crippen LogP contribution in [0.25, 0.3) is 0 Å². The highest BCUT2D eigenvalue weighted by Crippen LogP contribution is 2.17. The summed E-state index contributed by atoms with van der Waals surface area (Å²) in [7, 11) is 0. The normalized spacial score (nSPS) is 10.5. The second-order valence-corrected chi connectivity index (χ2v) is 2.02. The summed E-state index contributed by atoms with van der Waals surface area (Å²) >= 11 is 0. The summed E-state index contributed by atoms with van der Waals surface area (Å²) in [5.74, 6) is -2.81. The minimum absolute atomic E-state index is 0.887. The van der Waals surface area contributed by atoms with Crippen LogP contribution in [0.3, 0.4) is 0 Å². The number of aliphatic carboxylic acids is 2. The predicted octanol–water partition coefficient (Wildman–Crippen LogP) is 0.348. The Morgan fingerprint density at radius 3 is 1.70 bits per heavy atom. The summed E-state index contributed by atoms with van der Waals surface area (Å²) in [6.45, 7) is 4.19. The van der Waals surface area contributed by atoms with Gasteiger partial charge in [0.25, 0.3) is 0 Å². The van der Waals surface area contributed by atoms with Crippen molar-refractivity contribution in [2.75, 3.05) is 0 Å². The number of carboxylic acids is 2. The van der Waals surface area contributed by atoms with Crippen LogP contribution in [-0.4, -0.2) is 22.2 Å². The molecule has 0 rings (SSSR count). The van der Waals surface area contributed by atoms with Crippen molar-refractivity contribution in [1.29, 1.82) is 0 Å². The average Bonchev–Trinajstić information content (AvgIpc) is 1.85. The van der Waals surface area contributed by atoms with Crippen LogP contribution >= 0.6 is 0 Å². The van der Waals surface area contributed by atoms with Crippen molar-refractivity contribution in [1.82, 2.24) is 0 Å². The summed E-state index contributed by atoms with van der Waals surface area (Å²) in [4.78, 5) is 20.5. The molecule has 4 nitrogen and oxygen atoms in total. The van der Waals surface area contributed by atoms with Gasteiger partial charge >= 0.3 is 11.9 Å². The average molecular weight is 144 g/mol. The van der Waals surface area contributed by atoms with Gasteiger partial charge in [-0.15, -0.1) is 6.58 Å². The number of hydrogen-bond donors (Lipinski definition) is 2. The maximum Gasteiger partial charge on any atom is 0.324 e. The third-order valence-electron chi connectivity index (χ3n) is 1.30. The van der Waals surface area contributed by atoms with E-state index in [1.165, 1.54) is 0 Å². The topological polar surface area (TPSA) is 74.6 Å². The number of carboxylic acid groups (broad SMARTS) is 2. The lowest BCUT2D eigenvalue weighted by molar-refractivity contribution is -0.159. The predicted molar refractivity (Wildman–Crippen MR) is 33.6 cm³/mol. The van der Waals surface area contributed by atoms with E-state index in [1.807, 2.05) is 0 Å². The van der Waals surface area contributed by atoms with Crippen molar-refractivity contribution in [3.8, 4) is 0 Å². The Kier molecular flexibility index (Phi) is 2.18. The molecule has 0 saturated heterocycles. The molecule has 0 amide bonds. The van der Waals surface area contributed by atoms with E-state index in [9.17, 15) is 9.59 Å². The molecule has 10 heavy (non-hydrogen) atoms. The second-order valence-electron chi connectivity index (χ2n) is 2.02. The van der Waals surface area contributed by atoms with Crippen LogP contribution < -0.4 is 0 Å². The minimum atomic E-state index is -1.86. The fraction of sp³-hybridized carbons (Fsp3) is 0.333. The first kappa shape index (κ1) is 8.68. The summed E-state index contributed by atoms with van der Waals surface area (Å²) < 4.78 is 0. The van der Waals surface area contributed by atoms with E-state index >= 15 is 0 Å². The number of carbonyl (C=O) groups is 2. The first-order valence-electron chi connectivity index (χ1n) is 2.55. The van der Waals surface area contributed by atoms with Gasteiger partial charge in [-0.05, 0) is 6.92 Å². The third-order valence-corrected chi connectivity index (χ3v) is 1.30. The van der Waals surface area contributed by atoms with Crippen LogP contribution in [0.5, 0.6) is 0 Å². The van der Waals surface area contributed by atoms with Crippen LogP contribution in [0.4, 0.5) is 0 Å². The van der Waals surface area contributed by atoms with Gasteiger partial charge in [0.15, 0.2) is 5.41 Å². The molecule has 0 heterocycles. The van der Waals surface area contributed by atoms with E-state index < -0.39 is 17.4 Å². The molecule has 0 fully saturated rings. The van der Waals surface area contributed by atoms with Gasteiger partial charge in [-0.25, -0.2) is 0 Å². The van der Waals surface area contributed by atoms with Crippen molar-refractivity contribution >= 4 is 11.9 Å². The SMILES string of the molecule is C=CC(C)(C(=O)O)C(=O)O. The molecule has 0 saturated carbocycles. The van der Waals surface area contributed by atoms with Crippen molar-refractivity contribution in [3.63, 3.8) is 0 Å². The Morgan fingerprint density at radius 1 is 1.40 bits per heavy atom. The monoisotopic (exact) mass is 144 g/mol. The van der Waals surface area contributed by atoms with Crippen molar-refractivity contribution in [2.45, 2.75) is 6.92 Å². The molecule has 0 aromatic heterocycles. The Hall–Kier alpha value is -1.32. The molecule has 0 aliphatic carbocycles. The molecule has 0 aromatic rings. The van der Waals surface area contributed by atoms with Gasteiger partial charge in [0.2, 0.25) is 0 Å². The molecule has 0 bridgehead atoms. The molecule has 0 unspecified atom stereocenters. The van der Waals surface area contributed by atoms with Gasteiger partial charge in [-0.3, -0.25) is 9.59 Å². The van der Waals surface area contributed by atoms with E-state index in [1.54, 1.807) is 0 Å². The second kappa shape index (κ2) is 2.51. The number of rotatable bonds is 3. The number of hydrogen-bond acceptors (Lipinski definition) is 2. The molecule has 0 aliphatic rings. The molecule has 0 aromatic carbocycles. The Morgan fingerprint density at radius 2 is 1.70 bits per heavy atom. The molecular weight excluding hydrogens is 136 g/mol. The molecule has 0 aliphatic heterocycles. The van der Waals surface area contributed by atoms with Crippen molar-refractivity contribution in [2.24, 2.45) is 5.41 Å². The van der Waals surface area contributed by atoms with Crippen LogP contribution in [-0.2, 0) is 9.59 Å². The Labute approximate surface area is 57.8 Å². The lowest BCUT2D eigenvalue weighted by Gasteiger charge is -2.12. The van der Waals surface area contributed by atoms with Crippen LogP contribution in [0.1, 0.15) is 6.92 Å². The van der Waals surface area contributed by atoms with Crippen molar-refractivity contribution < 1.29 is 19.8 Å². The quantitative estimate of drug-likeness (QED) is 0.442. The molecule has 0 spiro atoms. The molecule has 0 radical (unpaired) electrons. The van der Waals surface area contributed by atoms with E-state index in [4.69, 9.17) is 10.2 Å². The molecular formula is C6H8O4. The molecule has 0 atom stereocenters. The van der Waals surface area contributed by atoms with Gasteiger partial charge in [0, 0.05) is 0 Å². The minimum Gasteiger partial charge on any atom is -0.480 e. The lowest BCUT2D eigenvalue weighted by atomic mass is 9.92. The van der Waals surface area contributed by atoms with E-state index in [0.717, 1.165) is 13.0 Å². The summed E-state index contributed by atoms with van der Waals surface area (Å²) in [6, 6.07) is 0. The zero-order valence-electron chi connectivity index (χ0n) is 5.50. The zero-order chi connectivity index (χ0) is 8.36. The van der Waals surface area contributed by atoms with Gasteiger partial charge in [0.1, 0.15) is 0 Å². The van der Waals surface area contributed by atoms with Crippen LogP contribution in [0.15, 0.2) is 12.7 Å². The highest BCUT2D eigenvalue weighted by molar-refractivity contribution is 5.99. The molecule has 2 N–H and O–H groups in total. The van der Waals surface area contributed by atoms with Gasteiger partial charge in [0.05, 0.1) is 0 Å². The van der Waals surface area contributed by atoms with Crippen LogP contribution in [0.2, 0.25) is 0 Å². The fourth-order valence-corrected chi connectivity index (χ4v) is 0.266. The first-order chi connectivity index (χ1) is 4.45. The van der Waals surface area contributed by atoms with Gasteiger partial charge in [-0.2, -0.15) is 0 Å². The lowest BCUT2D eigenvalue weighted by Crippen LogP contribution is -2.33. The largest absolute Gasteiger partial charge is 0.480 e. The highest BCUT2D eigenvalue weighted by atomic mass is 16.4. The summed E-state index contributed by atoms with van der Waals surface area (Å²) in [5.41, 5.74) is -1.86. The van der Waals surface area contributed by atoms with Gasteiger partial charge < -0.3 is 10.2 Å². The molecule has 56 valence electrons. The van der Waals surface area contributed by atoms with Crippen LogP contribution in [0, 0.1) is 5.41 Å². The smallest absolute Gasteiger partial charge is 0.324 e. The zero-order valence-corrected chi connectivity index (χ0v) is 5.50. The fourth-order valence-electron chi connectivity index (χ4n) is 0.266. The van der Waals surface area contributed by atoms with Gasteiger partial charge in [-0.1, -0.05) is 6.08 Å². The maximum atomic E-state index is 10.2. The van der Waals surface area contributed by atoms with E-state index in [-0.39, 0.29) is 0 Å². The maximum absolute atomic E-state index is 10.2. The van der Waals surface area contributed by atoms with Crippen molar-refractivity contribution in [3.05, 3.63) is 12.7 Å². The van der Waals surface area contributed by atoms with E-state index in [0.29, 0.717) is 0 Å². The standard InChI is InChI=1S/C6H8O4/c1-3-6(2,4(7)8)5(9)10/h3H,1H2,2H3,(H,7,8)(H,9,10). The highest BCUT2D eigenvalue weighted by Gasteiger charge is 2.37. The first-order valence-corrected chi connectivity index (χ1v) is 2.55. The Balaban J connectivity index is 4.72. The summed E-state index contributed by atoms with van der Waals surface area (Å²) in [5, 5.41) is 16.7.